The lowest BCUT2D eigenvalue weighted by molar-refractivity contribution is 0.294. The molecule has 23 heavy (non-hydrogen) atoms. The number of aromatic nitrogens is 2. The molecule has 1 fully saturated rings. The van der Waals surface area contributed by atoms with Gasteiger partial charge in [-0.05, 0) is 31.0 Å². The lowest BCUT2D eigenvalue weighted by Crippen LogP contribution is -2.31. The molecule has 124 valence electrons. The molecular weight excluding hydrogens is 304 g/mol. The largest absolute Gasteiger partial charge is 0.378 e. The molecule has 2 heterocycles. The van der Waals surface area contributed by atoms with Gasteiger partial charge in [0.2, 0.25) is 0 Å². The van der Waals surface area contributed by atoms with E-state index in [9.17, 15) is 0 Å². The molecule has 0 saturated carbocycles. The molecular formula is C18H26N4S. The molecule has 0 spiro atoms. The minimum Gasteiger partial charge on any atom is -0.378 e. The molecule has 1 N–H and O–H groups in total. The van der Waals surface area contributed by atoms with Crippen LogP contribution in [0, 0.1) is 6.92 Å². The van der Waals surface area contributed by atoms with Gasteiger partial charge in [-0.1, -0.05) is 12.1 Å². The third-order valence-corrected chi connectivity index (χ3v) is 5.33. The Kier molecular flexibility index (Phi) is 5.62. The Morgan fingerprint density at radius 3 is 2.87 bits per heavy atom. The van der Waals surface area contributed by atoms with E-state index in [-0.39, 0.29) is 0 Å². The van der Waals surface area contributed by atoms with Crippen molar-refractivity contribution >= 4 is 17.4 Å². The van der Waals surface area contributed by atoms with Crippen molar-refractivity contribution in [3.05, 3.63) is 47.5 Å². The maximum Gasteiger partial charge on any atom is 0.128 e. The van der Waals surface area contributed by atoms with E-state index in [4.69, 9.17) is 0 Å². The van der Waals surface area contributed by atoms with Gasteiger partial charge in [-0.25, -0.2) is 4.98 Å². The number of anilines is 1. The van der Waals surface area contributed by atoms with Gasteiger partial charge in [0.25, 0.3) is 0 Å². The minimum atomic E-state index is 0.769. The van der Waals surface area contributed by atoms with Crippen LogP contribution in [0.2, 0.25) is 0 Å². The van der Waals surface area contributed by atoms with Crippen LogP contribution in [0.25, 0.3) is 0 Å². The summed E-state index contributed by atoms with van der Waals surface area (Å²) in [5, 5.41) is 3.56. The first-order valence-electron chi connectivity index (χ1n) is 8.40. The van der Waals surface area contributed by atoms with Crippen molar-refractivity contribution in [3.63, 3.8) is 0 Å². The predicted molar refractivity (Wildman–Crippen MR) is 99.0 cm³/mol. The fourth-order valence-corrected chi connectivity index (χ4v) is 3.92. The lowest BCUT2D eigenvalue weighted by Gasteiger charge is -2.26. The molecule has 0 amide bonds. The Balaban J connectivity index is 1.65. The summed E-state index contributed by atoms with van der Waals surface area (Å²) in [6.45, 7) is 9.50. The van der Waals surface area contributed by atoms with Gasteiger partial charge in [0.1, 0.15) is 5.82 Å². The average molecular weight is 331 g/mol. The summed E-state index contributed by atoms with van der Waals surface area (Å²) in [6.07, 6.45) is 3.91. The van der Waals surface area contributed by atoms with Crippen LogP contribution in [0.4, 0.5) is 5.69 Å². The van der Waals surface area contributed by atoms with Crippen LogP contribution in [0.3, 0.4) is 0 Å². The van der Waals surface area contributed by atoms with Crippen LogP contribution in [0.5, 0.6) is 0 Å². The van der Waals surface area contributed by atoms with E-state index >= 15 is 0 Å². The number of thioether (sulfide) groups is 1. The van der Waals surface area contributed by atoms with Crippen molar-refractivity contribution in [3.8, 4) is 0 Å². The number of rotatable bonds is 6. The monoisotopic (exact) mass is 330 g/mol. The zero-order valence-corrected chi connectivity index (χ0v) is 14.9. The highest BCUT2D eigenvalue weighted by Crippen LogP contribution is 2.20. The standard InChI is InChI=1S/C18H26N4S/c1-3-22-7-6-19-18(22)13-20-17-12-16(5-4-15(17)2)14-21-8-10-23-11-9-21/h4-7,12,20H,3,8-11,13-14H2,1-2H3. The van der Waals surface area contributed by atoms with E-state index in [0.29, 0.717) is 0 Å². The molecule has 0 radical (unpaired) electrons. The van der Waals surface area contributed by atoms with Crippen molar-refractivity contribution in [2.45, 2.75) is 33.5 Å². The molecule has 1 aromatic heterocycles. The first kappa shape index (κ1) is 16.4. The van der Waals surface area contributed by atoms with Crippen LogP contribution in [-0.2, 0) is 19.6 Å². The first-order chi connectivity index (χ1) is 11.3. The fraction of sp³-hybridized carbons (Fsp3) is 0.500. The Morgan fingerprint density at radius 2 is 2.09 bits per heavy atom. The third-order valence-electron chi connectivity index (χ3n) is 4.39. The summed E-state index contributed by atoms with van der Waals surface area (Å²) in [5.74, 6) is 3.61. The van der Waals surface area contributed by atoms with Crippen LogP contribution < -0.4 is 5.32 Å². The van der Waals surface area contributed by atoms with Crippen LogP contribution in [0.1, 0.15) is 23.9 Å². The Morgan fingerprint density at radius 1 is 1.26 bits per heavy atom. The number of benzene rings is 1. The molecule has 1 aliphatic heterocycles. The predicted octanol–water partition coefficient (Wildman–Crippen LogP) is 3.37. The number of aryl methyl sites for hydroxylation is 2. The zero-order valence-electron chi connectivity index (χ0n) is 14.1. The molecule has 1 aromatic carbocycles. The fourth-order valence-electron chi connectivity index (χ4n) is 2.94. The zero-order chi connectivity index (χ0) is 16.1. The van der Waals surface area contributed by atoms with Crippen LogP contribution in [-0.4, -0.2) is 39.0 Å². The number of imidazole rings is 1. The van der Waals surface area contributed by atoms with Crippen molar-refractivity contribution in [2.75, 3.05) is 29.9 Å². The van der Waals surface area contributed by atoms with E-state index in [2.05, 4.69) is 63.6 Å². The van der Waals surface area contributed by atoms with Crippen LogP contribution in [0.15, 0.2) is 30.6 Å². The second-order valence-corrected chi connectivity index (χ2v) is 7.25. The second kappa shape index (κ2) is 7.88. The van der Waals surface area contributed by atoms with Crippen molar-refractivity contribution in [2.24, 2.45) is 0 Å². The maximum atomic E-state index is 4.44. The highest BCUT2D eigenvalue weighted by atomic mass is 32.2. The van der Waals surface area contributed by atoms with Gasteiger partial charge in [-0.15, -0.1) is 0 Å². The van der Waals surface area contributed by atoms with E-state index in [1.54, 1.807) is 0 Å². The van der Waals surface area contributed by atoms with Gasteiger partial charge in [-0.2, -0.15) is 11.8 Å². The summed E-state index contributed by atoms with van der Waals surface area (Å²) < 4.78 is 2.18. The highest BCUT2D eigenvalue weighted by Gasteiger charge is 2.11. The maximum absolute atomic E-state index is 4.44. The Bertz CT molecular complexity index is 632. The molecule has 0 aliphatic carbocycles. The average Bonchev–Trinajstić information content (AvgIpc) is 3.04. The molecule has 5 heteroatoms. The van der Waals surface area contributed by atoms with E-state index in [1.165, 1.54) is 41.4 Å². The van der Waals surface area contributed by atoms with Gasteiger partial charge in [0.15, 0.2) is 0 Å². The highest BCUT2D eigenvalue weighted by molar-refractivity contribution is 7.99. The summed E-state index contributed by atoms with van der Waals surface area (Å²) in [4.78, 5) is 6.99. The normalized spacial score (nSPS) is 15.7. The van der Waals surface area contributed by atoms with Gasteiger partial charge in [0.05, 0.1) is 6.54 Å². The second-order valence-electron chi connectivity index (χ2n) is 6.02. The molecule has 1 saturated heterocycles. The third kappa shape index (κ3) is 4.30. The number of hydrogen-bond acceptors (Lipinski definition) is 4. The molecule has 0 bridgehead atoms. The Labute approximate surface area is 143 Å². The lowest BCUT2D eigenvalue weighted by atomic mass is 10.1. The van der Waals surface area contributed by atoms with Gasteiger partial charge >= 0.3 is 0 Å². The summed E-state index contributed by atoms with van der Waals surface area (Å²) in [7, 11) is 0. The van der Waals surface area contributed by atoms with Gasteiger partial charge < -0.3 is 9.88 Å². The molecule has 0 unspecified atom stereocenters. The molecule has 3 rings (SSSR count). The topological polar surface area (TPSA) is 33.1 Å². The SMILES string of the molecule is CCn1ccnc1CNc1cc(CN2CCSCC2)ccc1C. The van der Waals surface area contributed by atoms with Crippen molar-refractivity contribution in [1.82, 2.24) is 14.5 Å². The number of nitrogens with one attached hydrogen (secondary N) is 1. The first-order valence-corrected chi connectivity index (χ1v) is 9.55. The van der Waals surface area contributed by atoms with Crippen molar-refractivity contribution < 1.29 is 0 Å². The van der Waals surface area contributed by atoms with Gasteiger partial charge in [0, 0.05) is 55.8 Å². The molecule has 1 aliphatic rings. The number of hydrogen-bond donors (Lipinski definition) is 1. The summed E-state index contributed by atoms with van der Waals surface area (Å²) >= 11 is 2.06. The smallest absolute Gasteiger partial charge is 0.128 e. The van der Waals surface area contributed by atoms with Crippen LogP contribution >= 0.6 is 11.8 Å². The molecule has 0 atom stereocenters. The summed E-state index contributed by atoms with van der Waals surface area (Å²) in [6, 6.07) is 6.79. The van der Waals surface area contributed by atoms with Gasteiger partial charge in [-0.3, -0.25) is 4.90 Å². The minimum absolute atomic E-state index is 0.769. The molecule has 4 nitrogen and oxygen atoms in total. The quantitative estimate of drug-likeness (QED) is 0.880. The molecule has 2 aromatic rings. The van der Waals surface area contributed by atoms with E-state index in [1.807, 2.05) is 12.4 Å². The van der Waals surface area contributed by atoms with Crippen molar-refractivity contribution in [1.29, 1.82) is 0 Å². The van der Waals surface area contributed by atoms with E-state index in [0.717, 1.165) is 25.5 Å². The summed E-state index contributed by atoms with van der Waals surface area (Å²) in [5.41, 5.74) is 3.90. The Hall–Kier alpha value is -1.46. The van der Waals surface area contributed by atoms with E-state index < -0.39 is 0 Å². The number of nitrogens with zero attached hydrogens (tertiary/aromatic N) is 3.